The first-order valence-electron chi connectivity index (χ1n) is 4.38. The normalized spacial score (nSPS) is 12.3. The van der Waals surface area contributed by atoms with Crippen LogP contribution in [0.4, 0.5) is 0 Å². The summed E-state index contributed by atoms with van der Waals surface area (Å²) in [6.45, 7) is 5.31. The molecule has 13 heavy (non-hydrogen) atoms. The van der Waals surface area contributed by atoms with E-state index in [2.05, 4.69) is 11.4 Å². The van der Waals surface area contributed by atoms with E-state index in [-0.39, 0.29) is 0 Å². The number of hydrogen-bond acceptors (Lipinski definition) is 2. The van der Waals surface area contributed by atoms with E-state index in [1.54, 1.807) is 6.92 Å². The highest BCUT2D eigenvalue weighted by Gasteiger charge is 1.92. The summed E-state index contributed by atoms with van der Waals surface area (Å²) in [5.41, 5.74) is 0.841. The van der Waals surface area contributed by atoms with Crippen molar-refractivity contribution >= 4 is 5.97 Å². The molecule has 0 aromatic carbocycles. The Hall–Kier alpha value is -1.09. The van der Waals surface area contributed by atoms with Crippen molar-refractivity contribution in [1.82, 2.24) is 5.32 Å². The fraction of sp³-hybridized carbons (Fsp3) is 0.500. The molecule has 0 rings (SSSR count). The SMILES string of the molecule is C/C=C/CCNC/C(C)=C/C(=O)O. The van der Waals surface area contributed by atoms with Gasteiger partial charge in [-0.1, -0.05) is 17.7 Å². The van der Waals surface area contributed by atoms with Crippen LogP contribution in [-0.4, -0.2) is 24.2 Å². The van der Waals surface area contributed by atoms with Gasteiger partial charge in [-0.15, -0.1) is 0 Å². The Labute approximate surface area is 79.2 Å². The summed E-state index contributed by atoms with van der Waals surface area (Å²) in [7, 11) is 0. The summed E-state index contributed by atoms with van der Waals surface area (Å²) in [4.78, 5) is 10.2. The molecule has 0 aliphatic carbocycles. The van der Waals surface area contributed by atoms with Crippen molar-refractivity contribution in [3.05, 3.63) is 23.8 Å². The van der Waals surface area contributed by atoms with Crippen LogP contribution in [0, 0.1) is 0 Å². The molecule has 0 aliphatic rings. The summed E-state index contributed by atoms with van der Waals surface area (Å²) in [5.74, 6) is -0.882. The third kappa shape index (κ3) is 8.82. The van der Waals surface area contributed by atoms with E-state index in [4.69, 9.17) is 5.11 Å². The average molecular weight is 183 g/mol. The maximum absolute atomic E-state index is 10.2. The zero-order valence-electron chi connectivity index (χ0n) is 8.21. The molecule has 0 radical (unpaired) electrons. The number of carboxylic acid groups (broad SMARTS) is 1. The zero-order valence-corrected chi connectivity index (χ0v) is 8.21. The quantitative estimate of drug-likeness (QED) is 0.373. The molecule has 0 aromatic heterocycles. The lowest BCUT2D eigenvalue weighted by Crippen LogP contribution is -2.17. The van der Waals surface area contributed by atoms with Gasteiger partial charge in [0.1, 0.15) is 0 Å². The Morgan fingerprint density at radius 3 is 2.77 bits per heavy atom. The number of carboxylic acids is 1. The number of allylic oxidation sites excluding steroid dienone is 1. The first-order chi connectivity index (χ1) is 6.16. The van der Waals surface area contributed by atoms with Crippen molar-refractivity contribution in [1.29, 1.82) is 0 Å². The van der Waals surface area contributed by atoms with Gasteiger partial charge in [0.15, 0.2) is 0 Å². The van der Waals surface area contributed by atoms with Crippen LogP contribution in [0.25, 0.3) is 0 Å². The third-order valence-corrected chi connectivity index (χ3v) is 1.50. The van der Waals surface area contributed by atoms with E-state index < -0.39 is 5.97 Å². The van der Waals surface area contributed by atoms with Crippen LogP contribution in [0.15, 0.2) is 23.8 Å². The number of nitrogens with one attached hydrogen (secondary N) is 1. The van der Waals surface area contributed by atoms with Gasteiger partial charge in [0.05, 0.1) is 0 Å². The first-order valence-corrected chi connectivity index (χ1v) is 4.38. The van der Waals surface area contributed by atoms with E-state index in [0.717, 1.165) is 18.5 Å². The maximum Gasteiger partial charge on any atom is 0.328 e. The molecule has 0 bridgehead atoms. The molecule has 0 saturated carbocycles. The Morgan fingerprint density at radius 2 is 2.23 bits per heavy atom. The Kier molecular flexibility index (Phi) is 6.92. The summed E-state index contributed by atoms with van der Waals surface area (Å²) in [6.07, 6.45) is 6.28. The van der Waals surface area contributed by atoms with Gasteiger partial charge in [0, 0.05) is 12.6 Å². The van der Waals surface area contributed by atoms with Gasteiger partial charge in [-0.25, -0.2) is 4.79 Å². The Bertz CT molecular complexity index is 207. The highest BCUT2D eigenvalue weighted by molar-refractivity contribution is 5.80. The van der Waals surface area contributed by atoms with Gasteiger partial charge in [-0.2, -0.15) is 0 Å². The predicted octanol–water partition coefficient (Wildman–Crippen LogP) is 1.57. The molecular formula is C10H17NO2. The van der Waals surface area contributed by atoms with Gasteiger partial charge >= 0.3 is 5.97 Å². The molecule has 0 aliphatic heterocycles. The van der Waals surface area contributed by atoms with E-state index in [0.29, 0.717) is 6.54 Å². The number of hydrogen-bond donors (Lipinski definition) is 2. The minimum Gasteiger partial charge on any atom is -0.478 e. The third-order valence-electron chi connectivity index (χ3n) is 1.50. The lowest BCUT2D eigenvalue weighted by atomic mass is 10.3. The molecule has 0 aromatic rings. The lowest BCUT2D eigenvalue weighted by Gasteiger charge is -2.01. The molecule has 0 atom stereocenters. The van der Waals surface area contributed by atoms with Gasteiger partial charge in [-0.05, 0) is 26.8 Å². The summed E-state index contributed by atoms with van der Waals surface area (Å²) in [5, 5.41) is 11.6. The van der Waals surface area contributed by atoms with Crippen molar-refractivity contribution in [2.24, 2.45) is 0 Å². The van der Waals surface area contributed by atoms with Crippen molar-refractivity contribution in [3.63, 3.8) is 0 Å². The maximum atomic E-state index is 10.2. The second-order valence-corrected chi connectivity index (χ2v) is 2.86. The average Bonchev–Trinajstić information content (AvgIpc) is 2.02. The molecule has 0 spiro atoms. The number of rotatable bonds is 6. The van der Waals surface area contributed by atoms with Crippen LogP contribution in [-0.2, 0) is 4.79 Å². The van der Waals surface area contributed by atoms with Crippen molar-refractivity contribution < 1.29 is 9.90 Å². The van der Waals surface area contributed by atoms with Crippen LogP contribution < -0.4 is 5.32 Å². The van der Waals surface area contributed by atoms with E-state index in [9.17, 15) is 4.79 Å². The van der Waals surface area contributed by atoms with Gasteiger partial charge in [0.2, 0.25) is 0 Å². The fourth-order valence-electron chi connectivity index (χ4n) is 0.899. The first kappa shape index (κ1) is 11.9. The van der Waals surface area contributed by atoms with Crippen LogP contribution in [0.1, 0.15) is 20.3 Å². The lowest BCUT2D eigenvalue weighted by molar-refractivity contribution is -0.131. The van der Waals surface area contributed by atoms with E-state index in [1.807, 2.05) is 13.0 Å². The fourth-order valence-corrected chi connectivity index (χ4v) is 0.899. The molecule has 0 saturated heterocycles. The topological polar surface area (TPSA) is 49.3 Å². The van der Waals surface area contributed by atoms with Crippen LogP contribution in [0.3, 0.4) is 0 Å². The monoisotopic (exact) mass is 183 g/mol. The van der Waals surface area contributed by atoms with E-state index in [1.165, 1.54) is 6.08 Å². The van der Waals surface area contributed by atoms with Crippen molar-refractivity contribution in [3.8, 4) is 0 Å². The molecular weight excluding hydrogens is 166 g/mol. The molecule has 3 nitrogen and oxygen atoms in total. The van der Waals surface area contributed by atoms with E-state index >= 15 is 0 Å². The zero-order chi connectivity index (χ0) is 10.1. The molecule has 0 fully saturated rings. The van der Waals surface area contributed by atoms with Crippen LogP contribution in [0.2, 0.25) is 0 Å². The van der Waals surface area contributed by atoms with Gasteiger partial charge in [-0.3, -0.25) is 0 Å². The van der Waals surface area contributed by atoms with Crippen LogP contribution >= 0.6 is 0 Å². The molecule has 74 valence electrons. The number of carbonyl (C=O) groups is 1. The van der Waals surface area contributed by atoms with Crippen molar-refractivity contribution in [2.45, 2.75) is 20.3 Å². The minimum atomic E-state index is -0.882. The Balaban J connectivity index is 3.47. The minimum absolute atomic E-state index is 0.643. The molecule has 3 heteroatoms. The predicted molar refractivity (Wildman–Crippen MR) is 53.7 cm³/mol. The molecule has 0 unspecified atom stereocenters. The summed E-state index contributed by atoms with van der Waals surface area (Å²) >= 11 is 0. The number of aliphatic carboxylic acids is 1. The second-order valence-electron chi connectivity index (χ2n) is 2.86. The highest BCUT2D eigenvalue weighted by Crippen LogP contribution is 1.89. The van der Waals surface area contributed by atoms with Crippen LogP contribution in [0.5, 0.6) is 0 Å². The summed E-state index contributed by atoms with van der Waals surface area (Å²) < 4.78 is 0. The molecule has 0 amide bonds. The largest absolute Gasteiger partial charge is 0.478 e. The second kappa shape index (κ2) is 7.55. The summed E-state index contributed by atoms with van der Waals surface area (Å²) in [6, 6.07) is 0. The van der Waals surface area contributed by atoms with Gasteiger partial charge in [0.25, 0.3) is 0 Å². The molecule has 2 N–H and O–H groups in total. The highest BCUT2D eigenvalue weighted by atomic mass is 16.4. The molecule has 0 heterocycles. The Morgan fingerprint density at radius 1 is 1.54 bits per heavy atom. The van der Waals surface area contributed by atoms with Gasteiger partial charge < -0.3 is 10.4 Å². The van der Waals surface area contributed by atoms with Crippen molar-refractivity contribution in [2.75, 3.05) is 13.1 Å². The smallest absolute Gasteiger partial charge is 0.328 e. The standard InChI is InChI=1S/C10H17NO2/c1-3-4-5-6-11-8-9(2)7-10(12)13/h3-4,7,11H,5-6,8H2,1-2H3,(H,12,13)/b4-3+,9-7+.